The first kappa shape index (κ1) is 20.3. The minimum atomic E-state index is -0.618. The summed E-state index contributed by atoms with van der Waals surface area (Å²) in [5, 5.41) is 3.28. The number of aryl methyl sites for hydroxylation is 2. The predicted octanol–water partition coefficient (Wildman–Crippen LogP) is 5.03. The molecule has 1 atom stereocenters. The van der Waals surface area contributed by atoms with E-state index in [4.69, 9.17) is 25.8 Å². The minimum Gasteiger partial charge on any atom is -0.495 e. The molecule has 1 aliphatic carbocycles. The molecule has 0 bridgehead atoms. The summed E-state index contributed by atoms with van der Waals surface area (Å²) in [5.74, 6) is 1.40. The van der Waals surface area contributed by atoms with Crippen molar-refractivity contribution in [2.45, 2.75) is 45.1 Å². The largest absolute Gasteiger partial charge is 0.495 e. The molecule has 28 heavy (non-hydrogen) atoms. The zero-order chi connectivity index (χ0) is 20.1. The third kappa shape index (κ3) is 4.53. The van der Waals surface area contributed by atoms with E-state index in [1.54, 1.807) is 12.1 Å². The number of carbonyl (C=O) groups is 1. The fourth-order valence-electron chi connectivity index (χ4n) is 3.44. The van der Waals surface area contributed by atoms with Gasteiger partial charge in [-0.3, -0.25) is 4.79 Å². The Kier molecular flexibility index (Phi) is 6.68. The first-order chi connectivity index (χ1) is 13.5. The van der Waals surface area contributed by atoms with Gasteiger partial charge in [-0.15, -0.1) is 0 Å². The summed E-state index contributed by atoms with van der Waals surface area (Å²) in [6.07, 6.45) is 4.54. The van der Waals surface area contributed by atoms with Crippen LogP contribution in [0.15, 0.2) is 30.3 Å². The molecule has 0 saturated heterocycles. The van der Waals surface area contributed by atoms with Gasteiger partial charge in [0.25, 0.3) is 5.91 Å². The first-order valence-corrected chi connectivity index (χ1v) is 9.94. The van der Waals surface area contributed by atoms with Gasteiger partial charge in [-0.1, -0.05) is 24.6 Å². The Morgan fingerprint density at radius 3 is 2.46 bits per heavy atom. The van der Waals surface area contributed by atoms with Gasteiger partial charge in [-0.2, -0.15) is 0 Å². The molecule has 0 heterocycles. The Morgan fingerprint density at radius 2 is 1.79 bits per heavy atom. The third-order valence-corrected chi connectivity index (χ3v) is 5.29. The molecule has 6 heteroatoms. The fraction of sp³-hybridized carbons (Fsp3) is 0.409. The highest BCUT2D eigenvalue weighted by Gasteiger charge is 2.22. The third-order valence-electron chi connectivity index (χ3n) is 4.99. The monoisotopic (exact) mass is 403 g/mol. The van der Waals surface area contributed by atoms with Crippen molar-refractivity contribution in [3.05, 3.63) is 46.5 Å². The Hall–Kier alpha value is -2.40. The highest BCUT2D eigenvalue weighted by molar-refractivity contribution is 6.32. The Balaban J connectivity index is 1.75. The molecule has 150 valence electrons. The van der Waals surface area contributed by atoms with Gasteiger partial charge in [0.05, 0.1) is 24.9 Å². The van der Waals surface area contributed by atoms with E-state index >= 15 is 0 Å². The lowest BCUT2D eigenvalue weighted by Gasteiger charge is -2.21. The molecule has 1 unspecified atom stereocenters. The average molecular weight is 404 g/mol. The SMILES string of the molecule is CCC(Oc1ccc2c(c1)CCCC2)C(=O)Nc1cc(OC)c(Cl)cc1OC. The molecule has 1 amide bonds. The smallest absolute Gasteiger partial charge is 0.265 e. The van der Waals surface area contributed by atoms with Crippen LogP contribution in [0.1, 0.15) is 37.3 Å². The standard InChI is InChI=1S/C22H26ClNO4/c1-4-19(28-16-10-9-14-7-5-6-8-15(14)11-16)22(25)24-18-13-20(26-2)17(23)12-21(18)27-3/h9-13,19H,4-8H2,1-3H3,(H,24,25). The quantitative estimate of drug-likeness (QED) is 0.704. The second kappa shape index (κ2) is 9.20. The van der Waals surface area contributed by atoms with Crippen LogP contribution in [0.5, 0.6) is 17.2 Å². The molecular formula is C22H26ClNO4. The van der Waals surface area contributed by atoms with Crippen LogP contribution in [-0.2, 0) is 17.6 Å². The van der Waals surface area contributed by atoms with Crippen molar-refractivity contribution in [3.63, 3.8) is 0 Å². The summed E-state index contributed by atoms with van der Waals surface area (Å²) in [6.45, 7) is 1.92. The van der Waals surface area contributed by atoms with Crippen molar-refractivity contribution in [3.8, 4) is 17.2 Å². The number of hydrogen-bond acceptors (Lipinski definition) is 4. The van der Waals surface area contributed by atoms with Gasteiger partial charge < -0.3 is 19.5 Å². The Morgan fingerprint density at radius 1 is 1.07 bits per heavy atom. The minimum absolute atomic E-state index is 0.247. The molecule has 1 N–H and O–H groups in total. The lowest BCUT2D eigenvalue weighted by Crippen LogP contribution is -2.32. The van der Waals surface area contributed by atoms with E-state index in [1.165, 1.54) is 38.2 Å². The number of halogens is 1. The zero-order valence-electron chi connectivity index (χ0n) is 16.5. The van der Waals surface area contributed by atoms with Crippen molar-refractivity contribution < 1.29 is 19.0 Å². The van der Waals surface area contributed by atoms with E-state index in [2.05, 4.69) is 17.4 Å². The summed E-state index contributed by atoms with van der Waals surface area (Å²) >= 11 is 6.13. The van der Waals surface area contributed by atoms with Gasteiger partial charge in [0.1, 0.15) is 17.2 Å². The maximum Gasteiger partial charge on any atom is 0.265 e. The van der Waals surface area contributed by atoms with E-state index in [-0.39, 0.29) is 5.91 Å². The van der Waals surface area contributed by atoms with Crippen molar-refractivity contribution >= 4 is 23.2 Å². The number of methoxy groups -OCH3 is 2. The van der Waals surface area contributed by atoms with Crippen LogP contribution in [0.3, 0.4) is 0 Å². The van der Waals surface area contributed by atoms with Gasteiger partial charge in [-0.05, 0) is 55.4 Å². The summed E-state index contributed by atoms with van der Waals surface area (Å²) in [6, 6.07) is 9.38. The maximum atomic E-state index is 12.8. The lowest BCUT2D eigenvalue weighted by atomic mass is 9.92. The first-order valence-electron chi connectivity index (χ1n) is 9.56. The predicted molar refractivity (Wildman–Crippen MR) is 111 cm³/mol. The van der Waals surface area contributed by atoms with E-state index in [9.17, 15) is 4.79 Å². The van der Waals surface area contributed by atoms with Gasteiger partial charge in [-0.25, -0.2) is 0 Å². The Labute approximate surface area is 170 Å². The maximum absolute atomic E-state index is 12.8. The number of rotatable bonds is 7. The van der Waals surface area contributed by atoms with Gasteiger partial charge in [0.2, 0.25) is 0 Å². The van der Waals surface area contributed by atoms with E-state index < -0.39 is 6.10 Å². The normalized spacial score (nSPS) is 14.0. The number of benzene rings is 2. The van der Waals surface area contributed by atoms with Crippen LogP contribution in [0.25, 0.3) is 0 Å². The summed E-state index contributed by atoms with van der Waals surface area (Å²) < 4.78 is 16.6. The molecule has 1 aliphatic rings. The molecule has 0 aliphatic heterocycles. The second-order valence-corrected chi connectivity index (χ2v) is 7.24. The van der Waals surface area contributed by atoms with Crippen LogP contribution in [0, 0.1) is 0 Å². The topological polar surface area (TPSA) is 56.8 Å². The van der Waals surface area contributed by atoms with Crippen LogP contribution >= 0.6 is 11.6 Å². The summed E-state index contributed by atoms with van der Waals surface area (Å²) in [4.78, 5) is 12.8. The Bertz CT molecular complexity index is 853. The number of anilines is 1. The summed E-state index contributed by atoms with van der Waals surface area (Å²) in [7, 11) is 3.04. The summed E-state index contributed by atoms with van der Waals surface area (Å²) in [5.41, 5.74) is 3.19. The number of amides is 1. The number of nitrogens with one attached hydrogen (secondary N) is 1. The molecule has 0 aromatic heterocycles. The second-order valence-electron chi connectivity index (χ2n) is 6.83. The van der Waals surface area contributed by atoms with Crippen LogP contribution in [-0.4, -0.2) is 26.2 Å². The highest BCUT2D eigenvalue weighted by Crippen LogP contribution is 2.36. The molecule has 0 spiro atoms. The van der Waals surface area contributed by atoms with E-state index in [0.29, 0.717) is 28.6 Å². The van der Waals surface area contributed by atoms with Crippen LogP contribution in [0.2, 0.25) is 5.02 Å². The van der Waals surface area contributed by atoms with Crippen molar-refractivity contribution in [1.82, 2.24) is 0 Å². The number of carbonyl (C=O) groups excluding carboxylic acids is 1. The van der Waals surface area contributed by atoms with E-state index in [0.717, 1.165) is 18.6 Å². The van der Waals surface area contributed by atoms with Gasteiger partial charge >= 0.3 is 0 Å². The van der Waals surface area contributed by atoms with Crippen LogP contribution in [0.4, 0.5) is 5.69 Å². The number of hydrogen-bond donors (Lipinski definition) is 1. The zero-order valence-corrected chi connectivity index (χ0v) is 17.3. The average Bonchev–Trinajstić information content (AvgIpc) is 2.72. The number of ether oxygens (including phenoxy) is 3. The van der Waals surface area contributed by atoms with Gasteiger partial charge in [0, 0.05) is 12.1 Å². The molecule has 3 rings (SSSR count). The molecule has 0 radical (unpaired) electrons. The van der Waals surface area contributed by atoms with Crippen LogP contribution < -0.4 is 19.5 Å². The van der Waals surface area contributed by atoms with Crippen molar-refractivity contribution in [2.24, 2.45) is 0 Å². The number of fused-ring (bicyclic) bond motifs is 1. The van der Waals surface area contributed by atoms with Gasteiger partial charge in [0.15, 0.2) is 6.10 Å². The molecule has 0 saturated carbocycles. The van der Waals surface area contributed by atoms with E-state index in [1.807, 2.05) is 13.0 Å². The van der Waals surface area contributed by atoms with Crippen molar-refractivity contribution in [1.29, 1.82) is 0 Å². The molecule has 0 fully saturated rings. The van der Waals surface area contributed by atoms with Crippen molar-refractivity contribution in [2.75, 3.05) is 19.5 Å². The molecule has 2 aromatic rings. The molecule has 2 aromatic carbocycles. The molecule has 5 nitrogen and oxygen atoms in total. The molecular weight excluding hydrogens is 378 g/mol. The fourth-order valence-corrected chi connectivity index (χ4v) is 3.67. The lowest BCUT2D eigenvalue weighted by molar-refractivity contribution is -0.122. The highest BCUT2D eigenvalue weighted by atomic mass is 35.5.